The van der Waals surface area contributed by atoms with Crippen LogP contribution in [0.2, 0.25) is 0 Å². The van der Waals surface area contributed by atoms with Gasteiger partial charge in [0, 0.05) is 32.1 Å². The maximum Gasteiger partial charge on any atom is 0.410 e. The minimum atomic E-state index is -0.510. The van der Waals surface area contributed by atoms with Gasteiger partial charge in [-0.1, -0.05) is 18.2 Å². The topological polar surface area (TPSA) is 59.1 Å². The lowest BCUT2D eigenvalue weighted by molar-refractivity contribution is -0.136. The van der Waals surface area contributed by atoms with Crippen LogP contribution < -0.4 is 4.74 Å². The number of carbonyl (C=O) groups excluding carboxylic acids is 2. The monoisotopic (exact) mass is 374 g/mol. The number of ether oxygens (including phenoxy) is 2. The number of para-hydroxylation sites is 1. The molecule has 0 radical (unpaired) electrons. The largest absolute Gasteiger partial charge is 0.493 e. The fourth-order valence-electron chi connectivity index (χ4n) is 3.78. The minimum absolute atomic E-state index is 0.0196. The summed E-state index contributed by atoms with van der Waals surface area (Å²) in [5, 5.41) is 0. The molecule has 2 amide bonds. The van der Waals surface area contributed by atoms with Crippen LogP contribution in [0.5, 0.6) is 5.75 Å². The summed E-state index contributed by atoms with van der Waals surface area (Å²) in [4.78, 5) is 28.8. The smallest absolute Gasteiger partial charge is 0.410 e. The van der Waals surface area contributed by atoms with Crippen molar-refractivity contribution in [3.05, 3.63) is 29.8 Å². The Bertz CT molecular complexity index is 698. The quantitative estimate of drug-likeness (QED) is 0.796. The van der Waals surface area contributed by atoms with Gasteiger partial charge >= 0.3 is 6.09 Å². The molecule has 2 atom stereocenters. The van der Waals surface area contributed by atoms with Crippen LogP contribution >= 0.6 is 0 Å². The third-order valence-corrected chi connectivity index (χ3v) is 5.10. The van der Waals surface area contributed by atoms with Crippen molar-refractivity contribution >= 4 is 12.0 Å². The van der Waals surface area contributed by atoms with E-state index < -0.39 is 5.60 Å². The summed E-state index contributed by atoms with van der Waals surface area (Å²) >= 11 is 0. The molecule has 2 aliphatic rings. The van der Waals surface area contributed by atoms with E-state index in [4.69, 9.17) is 9.47 Å². The zero-order valence-electron chi connectivity index (χ0n) is 16.7. The van der Waals surface area contributed by atoms with E-state index in [2.05, 4.69) is 6.07 Å². The highest BCUT2D eigenvalue weighted by Gasteiger charge is 2.33. The third-order valence-electron chi connectivity index (χ3n) is 5.10. The number of fused-ring (bicyclic) bond motifs is 1. The molecule has 2 aliphatic heterocycles. The van der Waals surface area contributed by atoms with Gasteiger partial charge in [-0.2, -0.15) is 0 Å². The standard InChI is InChI=1S/C21H30N2O4/c1-15-14-22(20(25)27-21(2,3)4)10-11-23(15)19(24)13-16-9-12-26-18-8-6-5-7-17(16)18/h5-8,15-16H,9-14H2,1-4H3/t15-,16?/m0/s1. The van der Waals surface area contributed by atoms with Crippen LogP contribution in [-0.4, -0.2) is 59.7 Å². The molecule has 0 saturated carbocycles. The summed E-state index contributed by atoms with van der Waals surface area (Å²) in [5.74, 6) is 1.23. The molecule has 6 heteroatoms. The maximum absolute atomic E-state index is 12.9. The maximum atomic E-state index is 12.9. The van der Waals surface area contributed by atoms with E-state index in [0.717, 1.165) is 17.7 Å². The molecule has 0 aromatic heterocycles. The average Bonchev–Trinajstić information content (AvgIpc) is 2.60. The van der Waals surface area contributed by atoms with Gasteiger partial charge in [-0.3, -0.25) is 4.79 Å². The summed E-state index contributed by atoms with van der Waals surface area (Å²) in [7, 11) is 0. The molecule has 3 rings (SSSR count). The predicted molar refractivity (Wildman–Crippen MR) is 103 cm³/mol. The first-order chi connectivity index (χ1) is 12.7. The number of benzene rings is 1. The Morgan fingerprint density at radius 3 is 2.67 bits per heavy atom. The van der Waals surface area contributed by atoms with Gasteiger partial charge in [0.15, 0.2) is 0 Å². The molecular formula is C21H30N2O4. The zero-order chi connectivity index (χ0) is 19.6. The molecule has 1 saturated heterocycles. The average molecular weight is 374 g/mol. The molecule has 0 spiro atoms. The number of hydrogen-bond donors (Lipinski definition) is 0. The minimum Gasteiger partial charge on any atom is -0.493 e. The van der Waals surface area contributed by atoms with Crippen LogP contribution in [0.4, 0.5) is 4.79 Å². The van der Waals surface area contributed by atoms with E-state index in [-0.39, 0.29) is 24.0 Å². The van der Waals surface area contributed by atoms with Crippen molar-refractivity contribution < 1.29 is 19.1 Å². The Balaban J connectivity index is 1.59. The SMILES string of the molecule is C[C@H]1CN(C(=O)OC(C)(C)C)CCN1C(=O)CC1CCOc2ccccc21. The molecule has 1 fully saturated rings. The van der Waals surface area contributed by atoms with Crippen LogP contribution in [0.3, 0.4) is 0 Å². The predicted octanol–water partition coefficient (Wildman–Crippen LogP) is 3.41. The lowest BCUT2D eigenvalue weighted by Crippen LogP contribution is -2.56. The van der Waals surface area contributed by atoms with Crippen molar-refractivity contribution in [3.8, 4) is 5.75 Å². The van der Waals surface area contributed by atoms with E-state index in [1.165, 1.54) is 0 Å². The molecule has 0 bridgehead atoms. The van der Waals surface area contributed by atoms with E-state index in [1.807, 2.05) is 50.8 Å². The third kappa shape index (κ3) is 4.73. The first kappa shape index (κ1) is 19.5. The van der Waals surface area contributed by atoms with Crippen molar-refractivity contribution in [3.63, 3.8) is 0 Å². The van der Waals surface area contributed by atoms with E-state index >= 15 is 0 Å². The van der Waals surface area contributed by atoms with Gasteiger partial charge in [0.25, 0.3) is 0 Å². The Morgan fingerprint density at radius 2 is 1.96 bits per heavy atom. The second-order valence-corrected chi connectivity index (χ2v) is 8.44. The summed E-state index contributed by atoms with van der Waals surface area (Å²) in [5.41, 5.74) is 0.612. The highest BCUT2D eigenvalue weighted by atomic mass is 16.6. The van der Waals surface area contributed by atoms with Crippen molar-refractivity contribution in [2.24, 2.45) is 0 Å². The first-order valence-electron chi connectivity index (χ1n) is 9.74. The Labute approximate surface area is 161 Å². The van der Waals surface area contributed by atoms with Crippen molar-refractivity contribution in [2.75, 3.05) is 26.2 Å². The van der Waals surface area contributed by atoms with Crippen molar-refractivity contribution in [2.45, 2.75) is 58.1 Å². The van der Waals surface area contributed by atoms with Crippen LogP contribution in [-0.2, 0) is 9.53 Å². The number of hydrogen-bond acceptors (Lipinski definition) is 4. The molecule has 0 aliphatic carbocycles. The van der Waals surface area contributed by atoms with Gasteiger partial charge in [0.1, 0.15) is 11.4 Å². The van der Waals surface area contributed by atoms with Gasteiger partial charge in [-0.15, -0.1) is 0 Å². The first-order valence-corrected chi connectivity index (χ1v) is 9.74. The summed E-state index contributed by atoms with van der Waals surface area (Å²) in [6, 6.07) is 7.95. The van der Waals surface area contributed by atoms with Crippen molar-refractivity contribution in [1.29, 1.82) is 0 Å². The molecule has 27 heavy (non-hydrogen) atoms. The van der Waals surface area contributed by atoms with Crippen LogP contribution in [0.25, 0.3) is 0 Å². The van der Waals surface area contributed by atoms with Gasteiger partial charge in [-0.25, -0.2) is 4.79 Å². The van der Waals surface area contributed by atoms with Gasteiger partial charge in [-0.05, 0) is 51.7 Å². The Hall–Kier alpha value is -2.24. The second-order valence-electron chi connectivity index (χ2n) is 8.44. The fraction of sp³-hybridized carbons (Fsp3) is 0.619. The summed E-state index contributed by atoms with van der Waals surface area (Å²) in [6.45, 7) is 9.78. The lowest BCUT2D eigenvalue weighted by atomic mass is 9.89. The van der Waals surface area contributed by atoms with Gasteiger partial charge in [0.05, 0.1) is 6.61 Å². The Kier molecular flexibility index (Phi) is 5.63. The van der Waals surface area contributed by atoms with Crippen molar-refractivity contribution in [1.82, 2.24) is 9.80 Å². The number of carbonyl (C=O) groups is 2. The molecule has 1 aromatic carbocycles. The summed E-state index contributed by atoms with van der Waals surface area (Å²) < 4.78 is 11.2. The van der Waals surface area contributed by atoms with Gasteiger partial charge in [0.2, 0.25) is 5.91 Å². The number of piperazine rings is 1. The molecule has 1 unspecified atom stereocenters. The van der Waals surface area contributed by atoms with E-state index in [1.54, 1.807) is 4.90 Å². The lowest BCUT2D eigenvalue weighted by Gasteiger charge is -2.40. The molecular weight excluding hydrogens is 344 g/mol. The highest BCUT2D eigenvalue weighted by Crippen LogP contribution is 2.36. The zero-order valence-corrected chi connectivity index (χ0v) is 16.7. The molecule has 0 N–H and O–H groups in total. The highest BCUT2D eigenvalue weighted by molar-refractivity contribution is 5.78. The van der Waals surface area contributed by atoms with Crippen LogP contribution in [0.15, 0.2) is 24.3 Å². The second kappa shape index (κ2) is 7.79. The van der Waals surface area contributed by atoms with E-state index in [0.29, 0.717) is 32.7 Å². The molecule has 148 valence electrons. The van der Waals surface area contributed by atoms with Crippen LogP contribution in [0, 0.1) is 0 Å². The normalized spacial score (nSPS) is 22.7. The van der Waals surface area contributed by atoms with E-state index in [9.17, 15) is 9.59 Å². The van der Waals surface area contributed by atoms with Crippen LogP contribution in [0.1, 0.15) is 52.0 Å². The fourth-order valence-corrected chi connectivity index (χ4v) is 3.78. The molecule has 6 nitrogen and oxygen atoms in total. The molecule has 2 heterocycles. The number of rotatable bonds is 2. The number of amides is 2. The number of nitrogens with zero attached hydrogens (tertiary/aromatic N) is 2. The molecule has 1 aromatic rings. The van der Waals surface area contributed by atoms with Gasteiger partial charge < -0.3 is 19.3 Å². The summed E-state index contributed by atoms with van der Waals surface area (Å²) in [6.07, 6.45) is 1.03. The Morgan fingerprint density at radius 1 is 1.22 bits per heavy atom.